The molecule has 1 rings (SSSR count). The number of pyridine rings is 1. The standard InChI is InChI=1S/C13H22NO/c1-4-6-9-15-11-14-8-7-12(3)13(5-2)10-14/h7-8,10H,4-6,9,11H2,1-3H3/q+1. The predicted octanol–water partition coefficient (Wildman–Crippen LogP) is 2.62. The summed E-state index contributed by atoms with van der Waals surface area (Å²) < 4.78 is 7.68. The molecule has 2 heteroatoms. The van der Waals surface area contributed by atoms with Crippen molar-refractivity contribution in [1.29, 1.82) is 0 Å². The van der Waals surface area contributed by atoms with Crippen LogP contribution in [0.2, 0.25) is 0 Å². The van der Waals surface area contributed by atoms with Gasteiger partial charge < -0.3 is 4.74 Å². The number of nitrogens with zero attached hydrogens (tertiary/aromatic N) is 1. The Labute approximate surface area is 92.9 Å². The normalized spacial score (nSPS) is 10.6. The Kier molecular flexibility index (Phi) is 5.33. The van der Waals surface area contributed by atoms with E-state index >= 15 is 0 Å². The zero-order valence-electron chi connectivity index (χ0n) is 10.1. The maximum absolute atomic E-state index is 5.56. The Balaban J connectivity index is 2.47. The molecular formula is C13H22NO+. The van der Waals surface area contributed by atoms with E-state index in [1.165, 1.54) is 17.5 Å². The molecule has 0 aromatic carbocycles. The quantitative estimate of drug-likeness (QED) is 0.517. The van der Waals surface area contributed by atoms with Crippen molar-refractivity contribution in [3.05, 3.63) is 29.6 Å². The van der Waals surface area contributed by atoms with Crippen molar-refractivity contribution >= 4 is 0 Å². The van der Waals surface area contributed by atoms with E-state index in [1.54, 1.807) is 0 Å². The number of aromatic nitrogens is 1. The summed E-state index contributed by atoms with van der Waals surface area (Å²) in [5.74, 6) is 0. The average Bonchev–Trinajstić information content (AvgIpc) is 2.26. The molecule has 0 radical (unpaired) electrons. The van der Waals surface area contributed by atoms with Crippen LogP contribution in [0.3, 0.4) is 0 Å². The van der Waals surface area contributed by atoms with E-state index in [0.717, 1.165) is 19.4 Å². The minimum absolute atomic E-state index is 0.674. The van der Waals surface area contributed by atoms with Crippen molar-refractivity contribution in [3.8, 4) is 0 Å². The Bertz CT molecular complexity index is 297. The monoisotopic (exact) mass is 208 g/mol. The zero-order valence-corrected chi connectivity index (χ0v) is 10.1. The molecule has 0 N–H and O–H groups in total. The lowest BCUT2D eigenvalue weighted by molar-refractivity contribution is -0.733. The third-order valence-electron chi connectivity index (χ3n) is 2.61. The van der Waals surface area contributed by atoms with Gasteiger partial charge in [0.05, 0.1) is 6.61 Å². The summed E-state index contributed by atoms with van der Waals surface area (Å²) in [6, 6.07) is 2.15. The molecule has 0 fully saturated rings. The fourth-order valence-electron chi connectivity index (χ4n) is 1.53. The molecule has 1 heterocycles. The highest BCUT2D eigenvalue weighted by atomic mass is 16.5. The second-order valence-electron chi connectivity index (χ2n) is 3.91. The number of hydrogen-bond donors (Lipinski definition) is 0. The topological polar surface area (TPSA) is 13.1 Å². The van der Waals surface area contributed by atoms with Gasteiger partial charge >= 0.3 is 0 Å². The van der Waals surface area contributed by atoms with E-state index in [0.29, 0.717) is 6.73 Å². The molecule has 0 saturated carbocycles. The molecule has 1 aromatic heterocycles. The lowest BCUT2D eigenvalue weighted by Crippen LogP contribution is -2.35. The molecular weight excluding hydrogens is 186 g/mol. The fourth-order valence-corrected chi connectivity index (χ4v) is 1.53. The number of hydrogen-bond acceptors (Lipinski definition) is 1. The van der Waals surface area contributed by atoms with E-state index in [9.17, 15) is 0 Å². The Morgan fingerprint density at radius 1 is 1.33 bits per heavy atom. The van der Waals surface area contributed by atoms with Gasteiger partial charge in [0.2, 0.25) is 0 Å². The third kappa shape index (κ3) is 4.00. The van der Waals surface area contributed by atoms with Crippen LogP contribution in [0.25, 0.3) is 0 Å². The second-order valence-corrected chi connectivity index (χ2v) is 3.91. The summed E-state index contributed by atoms with van der Waals surface area (Å²) in [7, 11) is 0. The number of ether oxygens (including phenoxy) is 1. The minimum atomic E-state index is 0.674. The smallest absolute Gasteiger partial charge is 0.252 e. The highest BCUT2D eigenvalue weighted by molar-refractivity contribution is 5.18. The maximum Gasteiger partial charge on any atom is 0.252 e. The van der Waals surface area contributed by atoms with Crippen LogP contribution in [0.15, 0.2) is 18.5 Å². The van der Waals surface area contributed by atoms with Crippen LogP contribution in [0, 0.1) is 6.92 Å². The van der Waals surface area contributed by atoms with Gasteiger partial charge in [-0.1, -0.05) is 20.3 Å². The molecule has 84 valence electrons. The fraction of sp³-hybridized carbons (Fsp3) is 0.615. The summed E-state index contributed by atoms with van der Waals surface area (Å²) in [6.45, 7) is 8.05. The van der Waals surface area contributed by atoms with Crippen molar-refractivity contribution in [2.75, 3.05) is 6.61 Å². The SMILES string of the molecule is CCCCOC[n+]1ccc(C)c(CC)c1. The molecule has 0 spiro atoms. The molecule has 0 unspecified atom stereocenters. The van der Waals surface area contributed by atoms with Crippen LogP contribution in [0.5, 0.6) is 0 Å². The number of unbranched alkanes of at least 4 members (excludes halogenated alkanes) is 1. The summed E-state index contributed by atoms with van der Waals surface area (Å²) in [4.78, 5) is 0. The first-order chi connectivity index (χ1) is 7.27. The van der Waals surface area contributed by atoms with E-state index < -0.39 is 0 Å². The van der Waals surface area contributed by atoms with Gasteiger partial charge in [-0.3, -0.25) is 0 Å². The molecule has 0 atom stereocenters. The molecule has 2 nitrogen and oxygen atoms in total. The first-order valence-corrected chi connectivity index (χ1v) is 5.84. The summed E-state index contributed by atoms with van der Waals surface area (Å²) >= 11 is 0. The van der Waals surface area contributed by atoms with E-state index in [2.05, 4.69) is 43.8 Å². The molecule has 0 aliphatic carbocycles. The van der Waals surface area contributed by atoms with Crippen LogP contribution in [0.1, 0.15) is 37.8 Å². The van der Waals surface area contributed by atoms with Gasteiger partial charge in [0.15, 0.2) is 12.4 Å². The summed E-state index contributed by atoms with van der Waals surface area (Å²) in [5, 5.41) is 0. The molecule has 0 amide bonds. The van der Waals surface area contributed by atoms with Gasteiger partial charge in [-0.15, -0.1) is 0 Å². The Morgan fingerprint density at radius 3 is 2.80 bits per heavy atom. The minimum Gasteiger partial charge on any atom is -0.323 e. The number of aryl methyl sites for hydroxylation is 2. The van der Waals surface area contributed by atoms with Gasteiger partial charge in [0.25, 0.3) is 6.73 Å². The van der Waals surface area contributed by atoms with Gasteiger partial charge in [0, 0.05) is 11.6 Å². The summed E-state index contributed by atoms with van der Waals surface area (Å²) in [6.07, 6.45) is 7.69. The Hall–Kier alpha value is -0.890. The number of rotatable bonds is 6. The second kappa shape index (κ2) is 6.57. The van der Waals surface area contributed by atoms with Crippen LogP contribution >= 0.6 is 0 Å². The zero-order chi connectivity index (χ0) is 11.1. The van der Waals surface area contributed by atoms with Crippen LogP contribution in [-0.4, -0.2) is 6.61 Å². The first-order valence-electron chi connectivity index (χ1n) is 5.84. The molecule has 1 aromatic rings. The van der Waals surface area contributed by atoms with E-state index in [4.69, 9.17) is 4.74 Å². The van der Waals surface area contributed by atoms with Gasteiger partial charge in [-0.25, -0.2) is 0 Å². The molecule has 0 aliphatic rings. The first kappa shape index (κ1) is 12.2. The average molecular weight is 208 g/mol. The predicted molar refractivity (Wildman–Crippen MR) is 61.6 cm³/mol. The van der Waals surface area contributed by atoms with Crippen LogP contribution < -0.4 is 4.57 Å². The van der Waals surface area contributed by atoms with E-state index in [1.807, 2.05) is 0 Å². The highest BCUT2D eigenvalue weighted by Gasteiger charge is 2.04. The van der Waals surface area contributed by atoms with Crippen LogP contribution in [-0.2, 0) is 17.9 Å². The lowest BCUT2D eigenvalue weighted by Gasteiger charge is -2.03. The van der Waals surface area contributed by atoms with Crippen molar-refractivity contribution in [1.82, 2.24) is 0 Å². The maximum atomic E-state index is 5.56. The van der Waals surface area contributed by atoms with E-state index in [-0.39, 0.29) is 0 Å². The molecule has 0 bridgehead atoms. The van der Waals surface area contributed by atoms with Crippen molar-refractivity contribution in [3.63, 3.8) is 0 Å². The third-order valence-corrected chi connectivity index (χ3v) is 2.61. The van der Waals surface area contributed by atoms with Gasteiger partial charge in [-0.05, 0) is 25.3 Å². The lowest BCUT2D eigenvalue weighted by atomic mass is 10.1. The van der Waals surface area contributed by atoms with Gasteiger partial charge in [0.1, 0.15) is 0 Å². The van der Waals surface area contributed by atoms with Crippen molar-refractivity contribution in [2.24, 2.45) is 0 Å². The van der Waals surface area contributed by atoms with Crippen molar-refractivity contribution < 1.29 is 9.30 Å². The summed E-state index contributed by atoms with van der Waals surface area (Å²) in [5.41, 5.74) is 2.76. The Morgan fingerprint density at radius 2 is 2.13 bits per heavy atom. The van der Waals surface area contributed by atoms with Crippen LogP contribution in [0.4, 0.5) is 0 Å². The highest BCUT2D eigenvalue weighted by Crippen LogP contribution is 2.03. The molecule has 15 heavy (non-hydrogen) atoms. The van der Waals surface area contributed by atoms with Crippen molar-refractivity contribution in [2.45, 2.75) is 46.8 Å². The molecule has 0 saturated heterocycles. The molecule has 0 aliphatic heterocycles. The van der Waals surface area contributed by atoms with Gasteiger partial charge in [-0.2, -0.15) is 4.57 Å². The largest absolute Gasteiger partial charge is 0.323 e.